The second kappa shape index (κ2) is 5.95. The lowest BCUT2D eigenvalue weighted by atomic mass is 9.90. The Morgan fingerprint density at radius 2 is 2.12 bits per heavy atom. The minimum atomic E-state index is -1.37. The van der Waals surface area contributed by atoms with Gasteiger partial charge in [0.25, 0.3) is 0 Å². The molecule has 0 saturated carbocycles. The number of methoxy groups -OCH3 is 1. The summed E-state index contributed by atoms with van der Waals surface area (Å²) in [6.07, 6.45) is -0.521. The largest absolute Gasteiger partial charge is 0.467 e. The summed E-state index contributed by atoms with van der Waals surface area (Å²) < 4.78 is 9.44. The van der Waals surface area contributed by atoms with Gasteiger partial charge in [-0.25, -0.2) is 4.79 Å². The SMILES string of the molecule is COC(=O)C(O)CNC(=O)C1(N)CCOCC1. The van der Waals surface area contributed by atoms with Crippen LogP contribution < -0.4 is 11.1 Å². The molecule has 1 amide bonds. The maximum absolute atomic E-state index is 11.8. The van der Waals surface area contributed by atoms with E-state index in [0.717, 1.165) is 7.11 Å². The number of amides is 1. The summed E-state index contributed by atoms with van der Waals surface area (Å²) in [6.45, 7) is 0.665. The normalized spacial score (nSPS) is 20.4. The number of nitrogens with two attached hydrogens (primary N) is 1. The first-order valence-corrected chi connectivity index (χ1v) is 5.40. The number of ether oxygens (including phenoxy) is 2. The van der Waals surface area contributed by atoms with Crippen molar-refractivity contribution < 1.29 is 24.2 Å². The average molecular weight is 246 g/mol. The lowest BCUT2D eigenvalue weighted by Crippen LogP contribution is -2.58. The Bertz CT molecular complexity index is 288. The van der Waals surface area contributed by atoms with E-state index in [1.807, 2.05) is 0 Å². The molecule has 1 rings (SSSR count). The highest BCUT2D eigenvalue weighted by Gasteiger charge is 2.36. The van der Waals surface area contributed by atoms with Gasteiger partial charge in [0.05, 0.1) is 19.2 Å². The predicted octanol–water partition coefficient (Wildman–Crippen LogP) is -1.86. The van der Waals surface area contributed by atoms with Gasteiger partial charge in [-0.2, -0.15) is 0 Å². The number of hydrogen-bond donors (Lipinski definition) is 3. The number of nitrogens with one attached hydrogen (secondary N) is 1. The van der Waals surface area contributed by atoms with Crippen molar-refractivity contribution in [1.29, 1.82) is 0 Å². The van der Waals surface area contributed by atoms with Crippen LogP contribution in [0.2, 0.25) is 0 Å². The second-order valence-corrected chi connectivity index (χ2v) is 4.02. The Hall–Kier alpha value is -1.18. The van der Waals surface area contributed by atoms with E-state index in [0.29, 0.717) is 26.1 Å². The van der Waals surface area contributed by atoms with Crippen molar-refractivity contribution in [2.45, 2.75) is 24.5 Å². The van der Waals surface area contributed by atoms with E-state index in [9.17, 15) is 14.7 Å². The lowest BCUT2D eigenvalue weighted by Gasteiger charge is -2.31. The zero-order valence-electron chi connectivity index (χ0n) is 9.77. The van der Waals surface area contributed by atoms with E-state index in [-0.39, 0.29) is 12.5 Å². The molecule has 0 aromatic rings. The molecule has 0 bridgehead atoms. The van der Waals surface area contributed by atoms with E-state index >= 15 is 0 Å². The van der Waals surface area contributed by atoms with E-state index in [2.05, 4.69) is 10.1 Å². The third-order valence-corrected chi connectivity index (χ3v) is 2.77. The molecule has 7 heteroatoms. The van der Waals surface area contributed by atoms with Gasteiger partial charge in [0.2, 0.25) is 5.91 Å². The molecule has 1 fully saturated rings. The molecule has 4 N–H and O–H groups in total. The van der Waals surface area contributed by atoms with Crippen molar-refractivity contribution in [1.82, 2.24) is 5.32 Å². The van der Waals surface area contributed by atoms with Crippen molar-refractivity contribution in [2.24, 2.45) is 5.73 Å². The summed E-state index contributed by atoms with van der Waals surface area (Å²) in [5, 5.41) is 11.7. The number of rotatable bonds is 4. The second-order valence-electron chi connectivity index (χ2n) is 4.02. The summed E-state index contributed by atoms with van der Waals surface area (Å²) in [6, 6.07) is 0. The van der Waals surface area contributed by atoms with E-state index in [1.54, 1.807) is 0 Å². The topological polar surface area (TPSA) is 111 Å². The first kappa shape index (κ1) is 13.9. The van der Waals surface area contributed by atoms with Gasteiger partial charge in [0, 0.05) is 13.2 Å². The van der Waals surface area contributed by atoms with Gasteiger partial charge in [0.1, 0.15) is 0 Å². The highest BCUT2D eigenvalue weighted by atomic mass is 16.5. The Morgan fingerprint density at radius 1 is 1.53 bits per heavy atom. The highest BCUT2D eigenvalue weighted by molar-refractivity contribution is 5.86. The average Bonchev–Trinajstić information content (AvgIpc) is 2.35. The molecule has 1 aliphatic rings. The number of carbonyl (C=O) groups is 2. The molecule has 1 saturated heterocycles. The maximum Gasteiger partial charge on any atom is 0.336 e. The number of aliphatic hydroxyl groups excluding tert-OH is 1. The molecule has 17 heavy (non-hydrogen) atoms. The monoisotopic (exact) mass is 246 g/mol. The molecule has 7 nitrogen and oxygen atoms in total. The van der Waals surface area contributed by atoms with Gasteiger partial charge in [-0.3, -0.25) is 4.79 Å². The Balaban J connectivity index is 2.41. The van der Waals surface area contributed by atoms with Crippen molar-refractivity contribution in [3.05, 3.63) is 0 Å². The van der Waals surface area contributed by atoms with Gasteiger partial charge in [-0.15, -0.1) is 0 Å². The van der Waals surface area contributed by atoms with Gasteiger partial charge < -0.3 is 25.6 Å². The van der Waals surface area contributed by atoms with Gasteiger partial charge in [0.15, 0.2) is 6.10 Å². The fourth-order valence-electron chi connectivity index (χ4n) is 1.55. The standard InChI is InChI=1S/C10H18N2O5/c1-16-8(14)7(13)6-12-9(15)10(11)2-4-17-5-3-10/h7,13H,2-6,11H2,1H3,(H,12,15). The fourth-order valence-corrected chi connectivity index (χ4v) is 1.55. The third kappa shape index (κ3) is 3.65. The molecule has 98 valence electrons. The summed E-state index contributed by atoms with van der Waals surface area (Å²) in [5.74, 6) is -1.17. The third-order valence-electron chi connectivity index (χ3n) is 2.77. The van der Waals surface area contributed by atoms with Crippen LogP contribution in [0.5, 0.6) is 0 Å². The summed E-state index contributed by atoms with van der Waals surface area (Å²) >= 11 is 0. The first-order chi connectivity index (χ1) is 7.99. The van der Waals surface area contributed by atoms with Crippen molar-refractivity contribution in [3.63, 3.8) is 0 Å². The van der Waals surface area contributed by atoms with Gasteiger partial charge in [-0.1, -0.05) is 0 Å². The van der Waals surface area contributed by atoms with Crippen LogP contribution in [-0.2, 0) is 19.1 Å². The summed E-state index contributed by atoms with van der Waals surface area (Å²) in [4.78, 5) is 22.7. The Labute approximate surface area is 99.3 Å². The Morgan fingerprint density at radius 3 is 2.65 bits per heavy atom. The molecule has 0 aliphatic carbocycles. The van der Waals surface area contributed by atoms with Crippen molar-refractivity contribution in [2.75, 3.05) is 26.9 Å². The minimum absolute atomic E-state index is 0.203. The van der Waals surface area contributed by atoms with Crippen LogP contribution in [0.4, 0.5) is 0 Å². The van der Waals surface area contributed by atoms with E-state index < -0.39 is 17.6 Å². The van der Waals surface area contributed by atoms with Gasteiger partial charge >= 0.3 is 5.97 Å². The zero-order valence-corrected chi connectivity index (χ0v) is 9.77. The van der Waals surface area contributed by atoms with Crippen LogP contribution in [0.1, 0.15) is 12.8 Å². The predicted molar refractivity (Wildman–Crippen MR) is 58.0 cm³/mol. The summed E-state index contributed by atoms with van der Waals surface area (Å²) in [7, 11) is 1.16. The van der Waals surface area contributed by atoms with Crippen LogP contribution in [0.25, 0.3) is 0 Å². The molecular weight excluding hydrogens is 228 g/mol. The fraction of sp³-hybridized carbons (Fsp3) is 0.800. The van der Waals surface area contributed by atoms with Crippen LogP contribution >= 0.6 is 0 Å². The van der Waals surface area contributed by atoms with Crippen LogP contribution in [0.3, 0.4) is 0 Å². The summed E-state index contributed by atoms with van der Waals surface area (Å²) in [5.41, 5.74) is 4.93. The molecule has 0 aromatic heterocycles. The lowest BCUT2D eigenvalue weighted by molar-refractivity contribution is -0.150. The van der Waals surface area contributed by atoms with E-state index in [1.165, 1.54) is 0 Å². The molecule has 0 spiro atoms. The molecule has 1 unspecified atom stereocenters. The van der Waals surface area contributed by atoms with E-state index in [4.69, 9.17) is 10.5 Å². The first-order valence-electron chi connectivity index (χ1n) is 5.40. The van der Waals surface area contributed by atoms with Crippen LogP contribution in [-0.4, -0.2) is 55.5 Å². The Kier molecular flexibility index (Phi) is 4.86. The highest BCUT2D eigenvalue weighted by Crippen LogP contribution is 2.17. The number of aliphatic hydroxyl groups is 1. The maximum atomic E-state index is 11.8. The quantitative estimate of drug-likeness (QED) is 0.502. The molecule has 1 heterocycles. The van der Waals surface area contributed by atoms with Gasteiger partial charge in [-0.05, 0) is 12.8 Å². The number of carbonyl (C=O) groups excluding carboxylic acids is 2. The number of hydrogen-bond acceptors (Lipinski definition) is 6. The van der Waals surface area contributed by atoms with Crippen molar-refractivity contribution in [3.8, 4) is 0 Å². The molecule has 1 aliphatic heterocycles. The molecular formula is C10H18N2O5. The minimum Gasteiger partial charge on any atom is -0.467 e. The smallest absolute Gasteiger partial charge is 0.336 e. The molecule has 0 radical (unpaired) electrons. The van der Waals surface area contributed by atoms with Crippen molar-refractivity contribution >= 4 is 11.9 Å². The zero-order chi connectivity index (χ0) is 12.9. The molecule has 1 atom stereocenters. The van der Waals surface area contributed by atoms with Crippen LogP contribution in [0.15, 0.2) is 0 Å². The number of esters is 1. The molecule has 0 aromatic carbocycles. The van der Waals surface area contributed by atoms with Crippen LogP contribution in [0, 0.1) is 0 Å².